The fraction of sp³-hybridized carbons (Fsp3) is 0.0154. The Morgan fingerprint density at radius 2 is 0.928 bits per heavy atom. The summed E-state index contributed by atoms with van der Waals surface area (Å²) >= 11 is 3.79. The van der Waals surface area contributed by atoms with Crippen LogP contribution in [0.1, 0.15) is 22.3 Å². The number of hydrogen-bond acceptors (Lipinski definition) is 3. The maximum Gasteiger partial charge on any atom is 0.180 e. The third-order valence-electron chi connectivity index (χ3n) is 14.9. The molecular formula is C65H43NS2Si. The Bertz CT molecular complexity index is 3860. The van der Waals surface area contributed by atoms with Crippen molar-refractivity contribution in [1.29, 1.82) is 0 Å². The van der Waals surface area contributed by atoms with Gasteiger partial charge < -0.3 is 4.90 Å². The van der Waals surface area contributed by atoms with Gasteiger partial charge in [0.2, 0.25) is 0 Å². The van der Waals surface area contributed by atoms with Crippen LogP contribution in [0.3, 0.4) is 0 Å². The lowest BCUT2D eigenvalue weighted by molar-refractivity contribution is 0.707. The van der Waals surface area contributed by atoms with Gasteiger partial charge in [-0.2, -0.15) is 0 Å². The quantitative estimate of drug-likeness (QED) is 0.153. The van der Waals surface area contributed by atoms with Crippen molar-refractivity contribution in [2.24, 2.45) is 0 Å². The van der Waals surface area contributed by atoms with E-state index < -0.39 is 13.5 Å². The molecule has 14 rings (SSSR count). The van der Waals surface area contributed by atoms with Gasteiger partial charge in [0.1, 0.15) is 0 Å². The number of rotatable bonds is 6. The van der Waals surface area contributed by atoms with Crippen LogP contribution in [0.4, 0.5) is 17.1 Å². The SMILES string of the molecule is c1ccc([Si]2(c3ccccc3)c3ccccc3C3(c4ccccc4Sc4cc(N(c5ccc(-c6cccc7ccccc67)cc5)c5cccc6c5sc5ccccc56)ccc43)c3ccccc32)cc1. The number of nitrogens with zero attached hydrogens (tertiary/aromatic N) is 1. The van der Waals surface area contributed by atoms with E-state index >= 15 is 0 Å². The number of hydrogen-bond donors (Lipinski definition) is 0. The highest BCUT2D eigenvalue weighted by Gasteiger charge is 2.57. The summed E-state index contributed by atoms with van der Waals surface area (Å²) in [5.74, 6) is 0. The van der Waals surface area contributed by atoms with E-state index in [1.54, 1.807) is 0 Å². The van der Waals surface area contributed by atoms with Crippen LogP contribution in [0.25, 0.3) is 42.1 Å². The summed E-state index contributed by atoms with van der Waals surface area (Å²) in [5, 5.41) is 10.8. The van der Waals surface area contributed by atoms with Gasteiger partial charge in [0.25, 0.3) is 0 Å². The molecule has 0 atom stereocenters. The van der Waals surface area contributed by atoms with E-state index in [1.807, 2.05) is 23.1 Å². The van der Waals surface area contributed by atoms with Gasteiger partial charge in [-0.1, -0.05) is 230 Å². The fourth-order valence-electron chi connectivity index (χ4n) is 12.1. The molecule has 0 fully saturated rings. The van der Waals surface area contributed by atoms with Crippen molar-refractivity contribution in [1.82, 2.24) is 0 Å². The lowest BCUT2D eigenvalue weighted by Gasteiger charge is -2.51. The average Bonchev–Trinajstić information content (AvgIpc) is 3.81. The molecule has 3 heterocycles. The van der Waals surface area contributed by atoms with Gasteiger partial charge in [-0.15, -0.1) is 11.3 Å². The molecule has 2 aliphatic heterocycles. The molecule has 12 aromatic rings. The molecule has 0 saturated carbocycles. The summed E-state index contributed by atoms with van der Waals surface area (Å²) < 4.78 is 2.58. The minimum atomic E-state index is -2.84. The highest BCUT2D eigenvalue weighted by molar-refractivity contribution is 7.99. The summed E-state index contributed by atoms with van der Waals surface area (Å²) in [7, 11) is -2.84. The largest absolute Gasteiger partial charge is 0.309 e. The number of fused-ring (bicyclic) bond motifs is 12. The molecule has 0 amide bonds. The van der Waals surface area contributed by atoms with Crippen LogP contribution in [-0.4, -0.2) is 8.07 Å². The number of benzene rings is 11. The van der Waals surface area contributed by atoms with Crippen LogP contribution < -0.4 is 25.6 Å². The van der Waals surface area contributed by atoms with Gasteiger partial charge >= 0.3 is 0 Å². The molecule has 0 N–H and O–H groups in total. The van der Waals surface area contributed by atoms with E-state index in [2.05, 4.69) is 266 Å². The molecule has 0 unspecified atom stereocenters. The van der Waals surface area contributed by atoms with E-state index in [0.717, 1.165) is 11.4 Å². The van der Waals surface area contributed by atoms with Crippen molar-refractivity contribution < 1.29 is 0 Å². The smallest absolute Gasteiger partial charge is 0.180 e. The highest BCUT2D eigenvalue weighted by Crippen LogP contribution is 2.58. The summed E-state index contributed by atoms with van der Waals surface area (Å²) in [4.78, 5) is 5.06. The van der Waals surface area contributed by atoms with Gasteiger partial charge in [0.05, 0.1) is 15.8 Å². The zero-order valence-electron chi connectivity index (χ0n) is 37.6. The van der Waals surface area contributed by atoms with Crippen LogP contribution >= 0.6 is 23.1 Å². The molecule has 4 heteroatoms. The van der Waals surface area contributed by atoms with Crippen molar-refractivity contribution in [3.63, 3.8) is 0 Å². The lowest BCUT2D eigenvalue weighted by Crippen LogP contribution is -2.79. The third-order valence-corrected chi connectivity index (χ3v) is 22.1. The molecule has 0 saturated heterocycles. The lowest BCUT2D eigenvalue weighted by atomic mass is 9.64. The first-order valence-electron chi connectivity index (χ1n) is 23.7. The predicted octanol–water partition coefficient (Wildman–Crippen LogP) is 14.9. The van der Waals surface area contributed by atoms with Gasteiger partial charge in [-0.3, -0.25) is 0 Å². The first-order chi connectivity index (χ1) is 34.2. The molecule has 2 aliphatic rings. The van der Waals surface area contributed by atoms with Crippen molar-refractivity contribution in [3.05, 3.63) is 283 Å². The summed E-state index contributed by atoms with van der Waals surface area (Å²) in [6.07, 6.45) is 0. The topological polar surface area (TPSA) is 3.24 Å². The number of anilines is 3. The molecule has 0 radical (unpaired) electrons. The van der Waals surface area contributed by atoms with Crippen LogP contribution in [0.2, 0.25) is 0 Å². The predicted molar refractivity (Wildman–Crippen MR) is 297 cm³/mol. The molecule has 1 aromatic heterocycles. The van der Waals surface area contributed by atoms with Gasteiger partial charge in [-0.05, 0) is 107 Å². The standard InChI is InChI=1S/C65H43NS2Si/c1-3-21-48(22-4-1)69(49-23-5-2-6-24-49)62-35-15-11-30-56(62)65(57-31-12-16-36-63(57)69)54-29-10-14-34-60(54)67-61-43-47(41-42-55(61)65)66(58-32-18-28-53-52-26-9-13-33-59(52)68-64(53)58)46-39-37-45(38-40-46)51-27-17-20-44-19-7-8-25-50(44)51/h1-43H. The Morgan fingerprint density at radius 1 is 0.377 bits per heavy atom. The van der Waals surface area contributed by atoms with Gasteiger partial charge in [0, 0.05) is 36.6 Å². The Morgan fingerprint density at radius 3 is 1.67 bits per heavy atom. The average molecular weight is 930 g/mol. The van der Waals surface area contributed by atoms with Gasteiger partial charge in [-0.25, -0.2) is 0 Å². The van der Waals surface area contributed by atoms with Crippen LogP contribution in [0.5, 0.6) is 0 Å². The minimum absolute atomic E-state index is 0.570. The van der Waals surface area contributed by atoms with Crippen molar-refractivity contribution in [3.8, 4) is 11.1 Å². The van der Waals surface area contributed by atoms with Gasteiger partial charge in [0.15, 0.2) is 8.07 Å². The van der Waals surface area contributed by atoms with E-state index in [4.69, 9.17) is 0 Å². The molecule has 324 valence electrons. The highest BCUT2D eigenvalue weighted by atomic mass is 32.2. The maximum atomic E-state index is 2.50. The first-order valence-corrected chi connectivity index (χ1v) is 27.4. The zero-order chi connectivity index (χ0) is 45.5. The molecule has 69 heavy (non-hydrogen) atoms. The van der Waals surface area contributed by atoms with Crippen molar-refractivity contribution in [2.75, 3.05) is 4.90 Å². The Kier molecular flexibility index (Phi) is 9.32. The molecule has 0 bridgehead atoms. The Balaban J connectivity index is 1.02. The summed E-state index contributed by atoms with van der Waals surface area (Å²) in [5.41, 5.74) is 10.7. The molecule has 1 spiro atoms. The Hall–Kier alpha value is -7.73. The minimum Gasteiger partial charge on any atom is -0.309 e. The van der Waals surface area contributed by atoms with E-state index in [0.29, 0.717) is 0 Å². The second kappa shape index (κ2) is 15.9. The van der Waals surface area contributed by atoms with Crippen LogP contribution in [-0.2, 0) is 5.41 Å². The number of thiophene rings is 1. The van der Waals surface area contributed by atoms with Crippen molar-refractivity contribution in [2.45, 2.75) is 15.2 Å². The summed E-state index contributed by atoms with van der Waals surface area (Å²) in [6.45, 7) is 0. The molecule has 0 aliphatic carbocycles. The summed E-state index contributed by atoms with van der Waals surface area (Å²) in [6, 6.07) is 98.5. The third kappa shape index (κ3) is 5.90. The van der Waals surface area contributed by atoms with Crippen LogP contribution in [0.15, 0.2) is 271 Å². The molecular weight excluding hydrogens is 887 g/mol. The monoisotopic (exact) mass is 929 g/mol. The first kappa shape index (κ1) is 40.3. The molecule has 1 nitrogen and oxygen atoms in total. The van der Waals surface area contributed by atoms with Crippen LogP contribution in [0, 0.1) is 0 Å². The second-order valence-corrected chi connectivity index (χ2v) is 24.1. The normalized spacial score (nSPS) is 14.0. The second-order valence-electron chi connectivity index (χ2n) is 18.3. The fourth-order valence-corrected chi connectivity index (χ4v) is 19.8. The zero-order valence-corrected chi connectivity index (χ0v) is 40.2. The van der Waals surface area contributed by atoms with E-state index in [-0.39, 0.29) is 0 Å². The Labute approximate surface area is 411 Å². The maximum absolute atomic E-state index is 2.84. The molecule has 11 aromatic carbocycles. The van der Waals surface area contributed by atoms with E-state index in [9.17, 15) is 0 Å². The van der Waals surface area contributed by atoms with Crippen molar-refractivity contribution >= 4 is 99.9 Å². The van der Waals surface area contributed by atoms with E-state index in [1.165, 1.54) is 101 Å².